The third kappa shape index (κ3) is 2.82. The molecule has 0 amide bonds. The minimum atomic E-state index is 0.440. The number of hydrogen-bond donors (Lipinski definition) is 0. The molecule has 0 N–H and O–H groups in total. The van der Waals surface area contributed by atoms with Crippen molar-refractivity contribution in [1.82, 2.24) is 10.1 Å². The zero-order valence-electron chi connectivity index (χ0n) is 11.6. The molecule has 0 saturated heterocycles. The molecule has 0 unspecified atom stereocenters. The topological polar surface area (TPSA) is 62.7 Å². The number of hydrogen-bond acceptors (Lipinski definition) is 4. The van der Waals surface area contributed by atoms with Crippen molar-refractivity contribution in [2.24, 2.45) is 0 Å². The molecule has 0 saturated carbocycles. The molecule has 2 aromatic carbocycles. The van der Waals surface area contributed by atoms with E-state index in [1.54, 1.807) is 18.2 Å². The third-order valence-corrected chi connectivity index (χ3v) is 3.32. The van der Waals surface area contributed by atoms with E-state index in [9.17, 15) is 0 Å². The van der Waals surface area contributed by atoms with Gasteiger partial charge in [0.2, 0.25) is 0 Å². The van der Waals surface area contributed by atoms with Gasteiger partial charge in [0.1, 0.15) is 0 Å². The number of aromatic nitrogens is 2. The Hall–Kier alpha value is -2.93. The van der Waals surface area contributed by atoms with Gasteiger partial charge < -0.3 is 4.52 Å². The summed E-state index contributed by atoms with van der Waals surface area (Å²) in [7, 11) is 0. The lowest BCUT2D eigenvalue weighted by molar-refractivity contribution is 0.424. The van der Waals surface area contributed by atoms with Crippen molar-refractivity contribution in [3.8, 4) is 17.5 Å². The molecule has 0 aliphatic heterocycles. The fourth-order valence-electron chi connectivity index (χ4n) is 2.14. The largest absolute Gasteiger partial charge is 0.334 e. The first kappa shape index (κ1) is 13.1. The van der Waals surface area contributed by atoms with Gasteiger partial charge in [0, 0.05) is 12.0 Å². The van der Waals surface area contributed by atoms with Gasteiger partial charge in [-0.3, -0.25) is 0 Å². The molecule has 1 heterocycles. The van der Waals surface area contributed by atoms with Gasteiger partial charge in [0.05, 0.1) is 11.6 Å². The van der Waals surface area contributed by atoms with Gasteiger partial charge in [-0.25, -0.2) is 0 Å². The molecular weight excluding hydrogens is 262 g/mol. The second-order valence-corrected chi connectivity index (χ2v) is 4.81. The highest BCUT2D eigenvalue weighted by Crippen LogP contribution is 2.19. The molecule has 3 rings (SSSR count). The molecule has 4 heteroatoms. The normalized spacial score (nSPS) is 10.3. The lowest BCUT2D eigenvalue weighted by atomic mass is 10.1. The van der Waals surface area contributed by atoms with E-state index >= 15 is 0 Å². The first-order chi connectivity index (χ1) is 10.3. The van der Waals surface area contributed by atoms with Crippen LogP contribution in [0.2, 0.25) is 0 Å². The van der Waals surface area contributed by atoms with Crippen molar-refractivity contribution in [3.63, 3.8) is 0 Å². The second kappa shape index (κ2) is 5.59. The summed E-state index contributed by atoms with van der Waals surface area (Å²) in [5.74, 6) is 1.08. The minimum absolute atomic E-state index is 0.440. The maximum Gasteiger partial charge on any atom is 0.257 e. The average Bonchev–Trinajstić information content (AvgIpc) is 2.98. The van der Waals surface area contributed by atoms with E-state index in [1.807, 2.05) is 18.2 Å². The maximum absolute atomic E-state index is 8.92. The highest BCUT2D eigenvalue weighted by atomic mass is 16.5. The molecule has 0 bridgehead atoms. The summed E-state index contributed by atoms with van der Waals surface area (Å²) >= 11 is 0. The standard InChI is InChI=1S/C17H13N3O/c1-12-5-2-3-7-14(12)10-16-19-17(21-20-16)15-8-4-6-13(9-15)11-18/h2-9H,10H2,1H3. The van der Waals surface area contributed by atoms with Gasteiger partial charge in [-0.2, -0.15) is 10.2 Å². The summed E-state index contributed by atoms with van der Waals surface area (Å²) in [4.78, 5) is 4.41. The molecule has 21 heavy (non-hydrogen) atoms. The zero-order chi connectivity index (χ0) is 14.7. The minimum Gasteiger partial charge on any atom is -0.334 e. The van der Waals surface area contributed by atoms with Crippen LogP contribution in [-0.4, -0.2) is 10.1 Å². The van der Waals surface area contributed by atoms with E-state index in [-0.39, 0.29) is 0 Å². The predicted octanol–water partition coefficient (Wildman–Crippen LogP) is 3.51. The van der Waals surface area contributed by atoms with Crippen LogP contribution in [0.1, 0.15) is 22.5 Å². The van der Waals surface area contributed by atoms with Crippen LogP contribution >= 0.6 is 0 Å². The number of benzene rings is 2. The summed E-state index contributed by atoms with van der Waals surface area (Å²) in [6.45, 7) is 2.06. The fourth-order valence-corrected chi connectivity index (χ4v) is 2.14. The van der Waals surface area contributed by atoms with Gasteiger partial charge in [0.15, 0.2) is 5.82 Å². The van der Waals surface area contributed by atoms with Gasteiger partial charge in [-0.1, -0.05) is 35.5 Å². The quantitative estimate of drug-likeness (QED) is 0.733. The molecule has 0 spiro atoms. The van der Waals surface area contributed by atoms with Crippen LogP contribution in [0.25, 0.3) is 11.5 Å². The third-order valence-electron chi connectivity index (χ3n) is 3.32. The van der Waals surface area contributed by atoms with E-state index in [1.165, 1.54) is 11.1 Å². The molecule has 0 radical (unpaired) electrons. The average molecular weight is 275 g/mol. The number of nitriles is 1. The number of nitrogens with zero attached hydrogens (tertiary/aromatic N) is 3. The summed E-state index contributed by atoms with van der Waals surface area (Å²) in [6.07, 6.45) is 0.633. The van der Waals surface area contributed by atoms with E-state index in [4.69, 9.17) is 9.78 Å². The van der Waals surface area contributed by atoms with E-state index in [0.717, 1.165) is 5.56 Å². The van der Waals surface area contributed by atoms with Crippen molar-refractivity contribution in [1.29, 1.82) is 5.26 Å². The van der Waals surface area contributed by atoms with Crippen molar-refractivity contribution in [2.45, 2.75) is 13.3 Å². The summed E-state index contributed by atoms with van der Waals surface area (Å²) in [6, 6.07) is 17.4. The molecule has 3 aromatic rings. The van der Waals surface area contributed by atoms with Gasteiger partial charge in [-0.05, 0) is 36.2 Å². The lowest BCUT2D eigenvalue weighted by Crippen LogP contribution is -1.93. The van der Waals surface area contributed by atoms with Crippen LogP contribution in [0, 0.1) is 18.3 Å². The summed E-state index contributed by atoms with van der Waals surface area (Å²) < 4.78 is 5.29. The molecule has 0 aliphatic carbocycles. The van der Waals surface area contributed by atoms with Gasteiger partial charge in [0.25, 0.3) is 5.89 Å². The molecule has 0 fully saturated rings. The molecule has 102 valence electrons. The highest BCUT2D eigenvalue weighted by Gasteiger charge is 2.10. The zero-order valence-corrected chi connectivity index (χ0v) is 11.6. The van der Waals surface area contributed by atoms with E-state index in [0.29, 0.717) is 23.7 Å². The van der Waals surface area contributed by atoms with Crippen LogP contribution in [-0.2, 0) is 6.42 Å². The van der Waals surface area contributed by atoms with Crippen molar-refractivity contribution >= 4 is 0 Å². The number of aryl methyl sites for hydroxylation is 1. The van der Waals surface area contributed by atoms with Crippen molar-refractivity contribution < 1.29 is 4.52 Å². The molecule has 1 aromatic heterocycles. The Balaban J connectivity index is 1.87. The van der Waals surface area contributed by atoms with Crippen LogP contribution in [0.4, 0.5) is 0 Å². The van der Waals surface area contributed by atoms with Crippen molar-refractivity contribution in [3.05, 3.63) is 71.0 Å². The summed E-state index contributed by atoms with van der Waals surface area (Å²) in [5, 5.41) is 12.9. The maximum atomic E-state index is 8.92. The van der Waals surface area contributed by atoms with Gasteiger partial charge in [-0.15, -0.1) is 0 Å². The smallest absolute Gasteiger partial charge is 0.257 e. The molecule has 0 aliphatic rings. The number of rotatable bonds is 3. The highest BCUT2D eigenvalue weighted by molar-refractivity contribution is 5.56. The van der Waals surface area contributed by atoms with Crippen LogP contribution in [0.3, 0.4) is 0 Å². The Bertz CT molecular complexity index is 815. The predicted molar refractivity (Wildman–Crippen MR) is 78.4 cm³/mol. The Morgan fingerprint density at radius 2 is 2.00 bits per heavy atom. The first-order valence-corrected chi connectivity index (χ1v) is 6.64. The SMILES string of the molecule is Cc1ccccc1Cc1noc(-c2cccc(C#N)c2)n1. The van der Waals surface area contributed by atoms with Crippen LogP contribution in [0.5, 0.6) is 0 Å². The molecule has 0 atom stereocenters. The molecular formula is C17H13N3O. The van der Waals surface area contributed by atoms with Crippen LogP contribution < -0.4 is 0 Å². The Morgan fingerprint density at radius 1 is 1.14 bits per heavy atom. The van der Waals surface area contributed by atoms with E-state index in [2.05, 4.69) is 35.3 Å². The van der Waals surface area contributed by atoms with Crippen LogP contribution in [0.15, 0.2) is 53.1 Å². The fraction of sp³-hybridized carbons (Fsp3) is 0.118. The first-order valence-electron chi connectivity index (χ1n) is 6.64. The molecule has 4 nitrogen and oxygen atoms in total. The monoisotopic (exact) mass is 275 g/mol. The van der Waals surface area contributed by atoms with Crippen molar-refractivity contribution in [2.75, 3.05) is 0 Å². The second-order valence-electron chi connectivity index (χ2n) is 4.81. The Labute approximate surface area is 122 Å². The van der Waals surface area contributed by atoms with E-state index < -0.39 is 0 Å². The van der Waals surface area contributed by atoms with Gasteiger partial charge >= 0.3 is 0 Å². The summed E-state index contributed by atoms with van der Waals surface area (Å²) in [5.41, 5.74) is 3.72. The Morgan fingerprint density at radius 3 is 2.81 bits per heavy atom. The lowest BCUT2D eigenvalue weighted by Gasteiger charge is -2.00. The Kier molecular flexibility index (Phi) is 3.48.